The first-order valence-corrected chi connectivity index (χ1v) is 7.42. The van der Waals surface area contributed by atoms with Crippen LogP contribution in [0.1, 0.15) is 17.4 Å². The zero-order valence-electron chi connectivity index (χ0n) is 11.4. The second-order valence-corrected chi connectivity index (χ2v) is 6.31. The number of aliphatic carboxylic acids is 1. The third-order valence-corrected chi connectivity index (χ3v) is 4.78. The van der Waals surface area contributed by atoms with Crippen molar-refractivity contribution in [3.63, 3.8) is 0 Å². The van der Waals surface area contributed by atoms with Crippen LogP contribution in [-0.2, 0) is 17.8 Å². The van der Waals surface area contributed by atoms with Crippen LogP contribution in [0.3, 0.4) is 0 Å². The standard InChI is InChI=1S/C13H16N4O2S/c1-7(13(18)19)16-11-10-8-3-4-17(2)5-9(8)20-12(10)15-6-14-11/h6-7H,3-5H2,1-2H3,(H,18,19)(H,14,15,16)/t7-/m1/s1. The highest BCUT2D eigenvalue weighted by molar-refractivity contribution is 7.18. The molecule has 2 N–H and O–H groups in total. The minimum Gasteiger partial charge on any atom is -0.548 e. The van der Waals surface area contributed by atoms with Crippen molar-refractivity contribution >= 4 is 33.3 Å². The minimum atomic E-state index is -1.13. The van der Waals surface area contributed by atoms with E-state index < -0.39 is 12.0 Å². The summed E-state index contributed by atoms with van der Waals surface area (Å²) in [5, 5.41) is 14.8. The molecule has 106 valence electrons. The largest absolute Gasteiger partial charge is 0.548 e. The first-order chi connectivity index (χ1) is 9.56. The number of anilines is 1. The van der Waals surface area contributed by atoms with Crippen molar-refractivity contribution in [3.05, 3.63) is 16.8 Å². The summed E-state index contributed by atoms with van der Waals surface area (Å²) in [4.78, 5) is 23.2. The zero-order valence-corrected chi connectivity index (χ0v) is 12.2. The van der Waals surface area contributed by atoms with Gasteiger partial charge >= 0.3 is 0 Å². The van der Waals surface area contributed by atoms with Gasteiger partial charge in [0.1, 0.15) is 23.5 Å². The van der Waals surface area contributed by atoms with Gasteiger partial charge in [-0.3, -0.25) is 0 Å². The van der Waals surface area contributed by atoms with Crippen molar-refractivity contribution in [2.24, 2.45) is 0 Å². The molecule has 0 fully saturated rings. The molecule has 0 bridgehead atoms. The number of nitrogens with zero attached hydrogens (tertiary/aromatic N) is 2. The highest BCUT2D eigenvalue weighted by Gasteiger charge is 2.24. The molecule has 1 unspecified atom stereocenters. The molecule has 0 spiro atoms. The molecule has 20 heavy (non-hydrogen) atoms. The quantitative estimate of drug-likeness (QED) is 0.743. The maximum absolute atomic E-state index is 10.9. The van der Waals surface area contributed by atoms with Crippen molar-refractivity contribution in [2.75, 3.05) is 18.9 Å². The summed E-state index contributed by atoms with van der Waals surface area (Å²) < 4.78 is 0. The van der Waals surface area contributed by atoms with E-state index in [0.717, 1.165) is 29.7 Å². The molecule has 0 saturated heterocycles. The fourth-order valence-electron chi connectivity index (χ4n) is 2.52. The monoisotopic (exact) mass is 292 g/mol. The lowest BCUT2D eigenvalue weighted by Crippen LogP contribution is -3.08. The molecule has 2 aromatic heterocycles. The third kappa shape index (κ3) is 2.23. The molecule has 3 heterocycles. The molecule has 3 rings (SSSR count). The molecule has 0 aromatic carbocycles. The van der Waals surface area contributed by atoms with Crippen LogP contribution in [0.15, 0.2) is 6.33 Å². The van der Waals surface area contributed by atoms with Gasteiger partial charge in [-0.2, -0.15) is 0 Å². The van der Waals surface area contributed by atoms with Gasteiger partial charge in [-0.25, -0.2) is 9.97 Å². The number of quaternary nitrogens is 1. The van der Waals surface area contributed by atoms with Gasteiger partial charge in [0.15, 0.2) is 0 Å². The van der Waals surface area contributed by atoms with E-state index in [9.17, 15) is 9.90 Å². The second-order valence-electron chi connectivity index (χ2n) is 5.23. The summed E-state index contributed by atoms with van der Waals surface area (Å²) in [6, 6.07) is -0.777. The van der Waals surface area contributed by atoms with E-state index in [4.69, 9.17) is 0 Å². The van der Waals surface area contributed by atoms with Gasteiger partial charge in [-0.1, -0.05) is 0 Å². The SMILES string of the molecule is C[C@@H](Nc1ncnc2sc3c(c12)CC[NH+](C)C3)C(=O)[O-]. The predicted octanol–water partition coefficient (Wildman–Crippen LogP) is -1.19. The number of likely N-dealkylation sites (N-methyl/N-ethyl adjacent to an activating group) is 1. The smallest absolute Gasteiger partial charge is 0.138 e. The number of carbonyl (C=O) groups excluding carboxylic acids is 1. The van der Waals surface area contributed by atoms with Crippen LogP contribution >= 0.6 is 11.3 Å². The lowest BCUT2D eigenvalue weighted by molar-refractivity contribution is -0.895. The fraction of sp³-hybridized carbons (Fsp3) is 0.462. The number of carbonyl (C=O) groups is 1. The second kappa shape index (κ2) is 4.99. The Labute approximate surface area is 120 Å². The minimum absolute atomic E-state index is 0.601. The summed E-state index contributed by atoms with van der Waals surface area (Å²) in [7, 11) is 2.18. The number of aromatic nitrogens is 2. The molecule has 1 aliphatic heterocycles. The van der Waals surface area contributed by atoms with Crippen LogP contribution in [-0.4, -0.2) is 35.6 Å². The van der Waals surface area contributed by atoms with Crippen LogP contribution in [0.5, 0.6) is 0 Å². The van der Waals surface area contributed by atoms with E-state index in [-0.39, 0.29) is 0 Å². The number of hydrogen-bond acceptors (Lipinski definition) is 6. The summed E-state index contributed by atoms with van der Waals surface area (Å²) in [5.41, 5.74) is 1.27. The Kier molecular flexibility index (Phi) is 3.31. The molecule has 0 aliphatic carbocycles. The maximum Gasteiger partial charge on any atom is 0.138 e. The number of hydrogen-bond donors (Lipinski definition) is 2. The molecule has 7 heteroatoms. The summed E-state index contributed by atoms with van der Waals surface area (Å²) in [6.45, 7) is 3.62. The molecule has 1 aliphatic rings. The average molecular weight is 292 g/mol. The van der Waals surface area contributed by atoms with E-state index >= 15 is 0 Å². The zero-order chi connectivity index (χ0) is 14.3. The molecule has 2 atom stereocenters. The Bertz CT molecular complexity index is 670. The van der Waals surface area contributed by atoms with Crippen molar-refractivity contribution < 1.29 is 14.8 Å². The van der Waals surface area contributed by atoms with E-state index in [1.54, 1.807) is 18.3 Å². The van der Waals surface area contributed by atoms with Crippen LogP contribution in [0.2, 0.25) is 0 Å². The highest BCUT2D eigenvalue weighted by Crippen LogP contribution is 2.34. The average Bonchev–Trinajstić information content (AvgIpc) is 2.76. The highest BCUT2D eigenvalue weighted by atomic mass is 32.1. The molecular weight excluding hydrogens is 276 g/mol. The maximum atomic E-state index is 10.9. The normalized spacial score (nSPS) is 19.6. The number of thiophene rings is 1. The van der Waals surface area contributed by atoms with Gasteiger partial charge in [0.05, 0.1) is 35.9 Å². The van der Waals surface area contributed by atoms with E-state index in [0.29, 0.717) is 5.82 Å². The van der Waals surface area contributed by atoms with Gasteiger partial charge in [0.2, 0.25) is 0 Å². The Morgan fingerprint density at radius 1 is 1.55 bits per heavy atom. The fourth-order valence-corrected chi connectivity index (χ4v) is 3.82. The van der Waals surface area contributed by atoms with Gasteiger partial charge in [0.25, 0.3) is 0 Å². The van der Waals surface area contributed by atoms with Gasteiger partial charge in [-0.05, 0) is 12.5 Å². The lowest BCUT2D eigenvalue weighted by Gasteiger charge is -2.20. The summed E-state index contributed by atoms with van der Waals surface area (Å²) in [6.07, 6.45) is 2.45. The molecule has 0 amide bonds. The van der Waals surface area contributed by atoms with Gasteiger partial charge < -0.3 is 20.1 Å². The molecule has 0 saturated carbocycles. The van der Waals surface area contributed by atoms with E-state index in [1.165, 1.54) is 21.7 Å². The summed E-state index contributed by atoms with van der Waals surface area (Å²) >= 11 is 1.68. The molecule has 6 nitrogen and oxygen atoms in total. The Morgan fingerprint density at radius 3 is 3.10 bits per heavy atom. The van der Waals surface area contributed by atoms with Crippen molar-refractivity contribution in [1.82, 2.24) is 9.97 Å². The van der Waals surface area contributed by atoms with Crippen molar-refractivity contribution in [1.29, 1.82) is 0 Å². The topological polar surface area (TPSA) is 82.4 Å². The number of nitrogens with one attached hydrogen (secondary N) is 2. The Morgan fingerprint density at radius 2 is 2.35 bits per heavy atom. The van der Waals surface area contributed by atoms with Crippen LogP contribution < -0.4 is 15.3 Å². The first-order valence-electron chi connectivity index (χ1n) is 6.60. The van der Waals surface area contributed by atoms with E-state index in [1.807, 2.05) is 0 Å². The van der Waals surface area contributed by atoms with Crippen LogP contribution in [0, 0.1) is 0 Å². The Balaban J connectivity index is 2.07. The first kappa shape index (κ1) is 13.3. The Hall–Kier alpha value is -1.73. The van der Waals surface area contributed by atoms with Crippen LogP contribution in [0.25, 0.3) is 10.2 Å². The molecule has 0 radical (unpaired) electrons. The number of carboxylic acids is 1. The van der Waals surface area contributed by atoms with Crippen LogP contribution in [0.4, 0.5) is 5.82 Å². The molecular formula is C13H16N4O2S. The van der Waals surface area contributed by atoms with Crippen molar-refractivity contribution in [2.45, 2.75) is 25.9 Å². The van der Waals surface area contributed by atoms with E-state index in [2.05, 4.69) is 22.3 Å². The number of carboxylic acid groups (broad SMARTS) is 1. The van der Waals surface area contributed by atoms with Gasteiger partial charge in [0, 0.05) is 6.42 Å². The lowest BCUT2D eigenvalue weighted by atomic mass is 10.1. The van der Waals surface area contributed by atoms with Crippen molar-refractivity contribution in [3.8, 4) is 0 Å². The van der Waals surface area contributed by atoms with Gasteiger partial charge in [-0.15, -0.1) is 11.3 Å². The molecule has 2 aromatic rings. The summed E-state index contributed by atoms with van der Waals surface area (Å²) in [5.74, 6) is -0.534. The number of fused-ring (bicyclic) bond motifs is 3. The third-order valence-electron chi connectivity index (χ3n) is 3.64. The predicted molar refractivity (Wildman–Crippen MR) is 74.7 cm³/mol. The number of rotatable bonds is 3.